The lowest BCUT2D eigenvalue weighted by molar-refractivity contribution is 0.206. The summed E-state index contributed by atoms with van der Waals surface area (Å²) in [7, 11) is 0. The third kappa shape index (κ3) is 1.95. The van der Waals surface area contributed by atoms with Crippen LogP contribution in [0.25, 0.3) is 5.57 Å². The fraction of sp³-hybridized carbons (Fsp3) is 0.364. The predicted molar refractivity (Wildman–Crippen MR) is 52.1 cm³/mol. The van der Waals surface area contributed by atoms with E-state index in [0.29, 0.717) is 0 Å². The molecule has 1 atom stereocenters. The summed E-state index contributed by atoms with van der Waals surface area (Å²) in [6.45, 7) is 0. The Balaban J connectivity index is 2.26. The highest BCUT2D eigenvalue weighted by Gasteiger charge is 2.11. The molecule has 1 heterocycles. The van der Waals surface area contributed by atoms with Crippen LogP contribution in [0.4, 0.5) is 0 Å². The van der Waals surface area contributed by atoms with Crippen LogP contribution in [0.1, 0.15) is 24.8 Å². The number of aromatic nitrogens is 1. The quantitative estimate of drug-likeness (QED) is 0.708. The molecule has 1 aromatic rings. The molecular formula is C11H13NO. The van der Waals surface area contributed by atoms with Crippen LogP contribution < -0.4 is 0 Å². The molecule has 1 aliphatic rings. The summed E-state index contributed by atoms with van der Waals surface area (Å²) in [5, 5.41) is 9.44. The smallest absolute Gasteiger partial charge is 0.0726 e. The van der Waals surface area contributed by atoms with Crippen LogP contribution in [-0.2, 0) is 0 Å². The largest absolute Gasteiger partial charge is 0.389 e. The van der Waals surface area contributed by atoms with Crippen LogP contribution in [0.2, 0.25) is 0 Å². The maximum Gasteiger partial charge on any atom is 0.0726 e. The van der Waals surface area contributed by atoms with E-state index in [-0.39, 0.29) is 6.10 Å². The number of pyridine rings is 1. The van der Waals surface area contributed by atoms with Crippen molar-refractivity contribution >= 4 is 5.57 Å². The van der Waals surface area contributed by atoms with E-state index >= 15 is 0 Å². The molecule has 1 aliphatic carbocycles. The molecule has 2 rings (SSSR count). The van der Waals surface area contributed by atoms with Crippen molar-refractivity contribution < 1.29 is 5.11 Å². The maximum atomic E-state index is 9.44. The van der Waals surface area contributed by atoms with Gasteiger partial charge in [-0.2, -0.15) is 0 Å². The van der Waals surface area contributed by atoms with Gasteiger partial charge in [-0.15, -0.1) is 0 Å². The van der Waals surface area contributed by atoms with Gasteiger partial charge in [0.2, 0.25) is 0 Å². The number of rotatable bonds is 1. The molecule has 0 aliphatic heterocycles. The molecule has 0 saturated carbocycles. The van der Waals surface area contributed by atoms with Crippen LogP contribution in [0.15, 0.2) is 30.6 Å². The first-order chi connectivity index (χ1) is 6.36. The second-order valence-corrected chi connectivity index (χ2v) is 3.39. The average molecular weight is 175 g/mol. The zero-order chi connectivity index (χ0) is 9.10. The van der Waals surface area contributed by atoms with E-state index in [0.717, 1.165) is 24.8 Å². The van der Waals surface area contributed by atoms with Crippen molar-refractivity contribution in [1.82, 2.24) is 4.98 Å². The minimum Gasteiger partial charge on any atom is -0.389 e. The molecule has 1 N–H and O–H groups in total. The van der Waals surface area contributed by atoms with E-state index in [1.807, 2.05) is 24.4 Å². The molecule has 1 aromatic heterocycles. The second-order valence-electron chi connectivity index (χ2n) is 3.39. The normalized spacial score (nSPS) is 22.5. The van der Waals surface area contributed by atoms with Crippen LogP contribution in [-0.4, -0.2) is 16.2 Å². The molecule has 2 heteroatoms. The van der Waals surface area contributed by atoms with Gasteiger partial charge in [-0.3, -0.25) is 4.98 Å². The van der Waals surface area contributed by atoms with Gasteiger partial charge < -0.3 is 5.11 Å². The number of hydrogen-bond acceptors (Lipinski definition) is 2. The van der Waals surface area contributed by atoms with Crippen molar-refractivity contribution in [2.75, 3.05) is 0 Å². The number of aliphatic hydroxyl groups excluding tert-OH is 1. The minimum absolute atomic E-state index is 0.260. The van der Waals surface area contributed by atoms with Gasteiger partial charge in [0.05, 0.1) is 6.10 Å². The molecule has 0 spiro atoms. The summed E-state index contributed by atoms with van der Waals surface area (Å²) in [4.78, 5) is 4.06. The van der Waals surface area contributed by atoms with Crippen molar-refractivity contribution in [3.63, 3.8) is 0 Å². The molecule has 0 amide bonds. The summed E-state index contributed by atoms with van der Waals surface area (Å²) in [5.74, 6) is 0. The topological polar surface area (TPSA) is 33.1 Å². The molecular weight excluding hydrogens is 162 g/mol. The molecule has 0 saturated heterocycles. The first-order valence-corrected chi connectivity index (χ1v) is 4.65. The zero-order valence-corrected chi connectivity index (χ0v) is 7.48. The first kappa shape index (κ1) is 8.45. The molecule has 0 fully saturated rings. The predicted octanol–water partition coefficient (Wildman–Crippen LogP) is 2.01. The van der Waals surface area contributed by atoms with Crippen molar-refractivity contribution in [2.24, 2.45) is 0 Å². The maximum absolute atomic E-state index is 9.44. The van der Waals surface area contributed by atoms with Crippen molar-refractivity contribution in [1.29, 1.82) is 0 Å². The van der Waals surface area contributed by atoms with Gasteiger partial charge in [-0.05, 0) is 36.5 Å². The number of aliphatic hydroxyl groups is 1. The van der Waals surface area contributed by atoms with Gasteiger partial charge in [0.25, 0.3) is 0 Å². The molecule has 1 unspecified atom stereocenters. The summed E-state index contributed by atoms with van der Waals surface area (Å²) in [6, 6.07) is 3.97. The Bertz CT molecular complexity index is 305. The Labute approximate surface area is 77.9 Å². The van der Waals surface area contributed by atoms with E-state index in [1.165, 1.54) is 5.57 Å². The van der Waals surface area contributed by atoms with Crippen LogP contribution in [0.5, 0.6) is 0 Å². The number of hydrogen-bond donors (Lipinski definition) is 1. The highest BCUT2D eigenvalue weighted by Crippen LogP contribution is 2.25. The Morgan fingerprint density at radius 1 is 1.46 bits per heavy atom. The van der Waals surface area contributed by atoms with Gasteiger partial charge in [-0.25, -0.2) is 0 Å². The Kier molecular flexibility index (Phi) is 2.41. The van der Waals surface area contributed by atoms with Crippen molar-refractivity contribution in [3.8, 4) is 0 Å². The lowest BCUT2D eigenvalue weighted by Gasteiger charge is -2.16. The summed E-state index contributed by atoms with van der Waals surface area (Å²) < 4.78 is 0. The van der Waals surface area contributed by atoms with Gasteiger partial charge in [0.1, 0.15) is 0 Å². The van der Waals surface area contributed by atoms with E-state index in [4.69, 9.17) is 0 Å². The summed E-state index contributed by atoms with van der Waals surface area (Å²) >= 11 is 0. The third-order valence-electron chi connectivity index (χ3n) is 2.37. The number of allylic oxidation sites excluding steroid dienone is 1. The lowest BCUT2D eigenvalue weighted by Crippen LogP contribution is -2.08. The van der Waals surface area contributed by atoms with E-state index in [1.54, 1.807) is 6.20 Å². The van der Waals surface area contributed by atoms with Crippen LogP contribution in [0, 0.1) is 0 Å². The first-order valence-electron chi connectivity index (χ1n) is 4.65. The summed E-state index contributed by atoms with van der Waals surface area (Å²) in [5.41, 5.74) is 2.37. The molecule has 0 bridgehead atoms. The molecule has 68 valence electrons. The summed E-state index contributed by atoms with van der Waals surface area (Å²) in [6.07, 6.45) is 8.33. The van der Waals surface area contributed by atoms with Crippen molar-refractivity contribution in [2.45, 2.75) is 25.4 Å². The molecule has 13 heavy (non-hydrogen) atoms. The highest BCUT2D eigenvalue weighted by molar-refractivity contribution is 5.65. The molecule has 0 radical (unpaired) electrons. The zero-order valence-electron chi connectivity index (χ0n) is 7.48. The Morgan fingerprint density at radius 2 is 2.38 bits per heavy atom. The van der Waals surface area contributed by atoms with Gasteiger partial charge >= 0.3 is 0 Å². The van der Waals surface area contributed by atoms with E-state index < -0.39 is 0 Å². The fourth-order valence-corrected chi connectivity index (χ4v) is 1.69. The molecule has 2 nitrogen and oxygen atoms in total. The average Bonchev–Trinajstić information content (AvgIpc) is 2.19. The van der Waals surface area contributed by atoms with E-state index in [2.05, 4.69) is 4.98 Å². The third-order valence-corrected chi connectivity index (χ3v) is 2.37. The molecule has 0 aromatic carbocycles. The van der Waals surface area contributed by atoms with Gasteiger partial charge in [0.15, 0.2) is 0 Å². The minimum atomic E-state index is -0.260. The Hall–Kier alpha value is -1.15. The second kappa shape index (κ2) is 3.71. The van der Waals surface area contributed by atoms with Crippen molar-refractivity contribution in [3.05, 3.63) is 36.2 Å². The SMILES string of the molecule is OC1C=C(c2cccnc2)CCC1. The van der Waals surface area contributed by atoms with Crippen LogP contribution >= 0.6 is 0 Å². The highest BCUT2D eigenvalue weighted by atomic mass is 16.3. The number of nitrogens with zero attached hydrogens (tertiary/aromatic N) is 1. The van der Waals surface area contributed by atoms with Gasteiger partial charge in [0, 0.05) is 12.4 Å². The Morgan fingerprint density at radius 3 is 3.08 bits per heavy atom. The lowest BCUT2D eigenvalue weighted by atomic mass is 9.93. The van der Waals surface area contributed by atoms with E-state index in [9.17, 15) is 5.11 Å². The standard InChI is InChI=1S/C11H13NO/c13-11-5-1-3-9(7-11)10-4-2-6-12-8-10/h2,4,6-8,11,13H,1,3,5H2. The van der Waals surface area contributed by atoms with Gasteiger partial charge in [-0.1, -0.05) is 12.1 Å². The fourth-order valence-electron chi connectivity index (χ4n) is 1.69. The van der Waals surface area contributed by atoms with Crippen LogP contribution in [0.3, 0.4) is 0 Å². The monoisotopic (exact) mass is 175 g/mol.